The first-order chi connectivity index (χ1) is 7.92. The molecule has 2 N–H and O–H groups in total. The summed E-state index contributed by atoms with van der Waals surface area (Å²) in [5, 5.41) is 0. The van der Waals surface area contributed by atoms with Crippen LogP contribution < -0.4 is 10.6 Å². The number of hydrogen-bond acceptors (Lipinski definition) is 2. The maximum absolute atomic E-state index is 6.20. The Balaban J connectivity index is 2.30. The lowest BCUT2D eigenvalue weighted by atomic mass is 9.79. The highest BCUT2D eigenvalue weighted by molar-refractivity contribution is 5.59. The average molecular weight is 232 g/mol. The molecule has 1 aliphatic heterocycles. The Bertz CT molecular complexity index is 389. The van der Waals surface area contributed by atoms with Crippen LogP contribution in [0.15, 0.2) is 18.2 Å². The van der Waals surface area contributed by atoms with Crippen molar-refractivity contribution in [1.29, 1.82) is 0 Å². The summed E-state index contributed by atoms with van der Waals surface area (Å²) < 4.78 is 0. The topological polar surface area (TPSA) is 29.3 Å². The first-order valence-electron chi connectivity index (χ1n) is 6.48. The molecule has 2 nitrogen and oxygen atoms in total. The van der Waals surface area contributed by atoms with Gasteiger partial charge in [0.05, 0.1) is 0 Å². The minimum Gasteiger partial charge on any atom is -0.370 e. The molecule has 1 heterocycles. The molecule has 0 aliphatic carbocycles. The van der Waals surface area contributed by atoms with Crippen molar-refractivity contribution in [1.82, 2.24) is 0 Å². The molecule has 1 fully saturated rings. The Kier molecular flexibility index (Phi) is 3.17. The molecule has 1 saturated heterocycles. The standard InChI is InChI=1S/C15H24N2/c1-11-6-5-7-12(2)14(11)17-9-8-13(16)15(3,4)10-17/h5-7,13H,8-10,16H2,1-4H3. The fourth-order valence-electron chi connectivity index (χ4n) is 2.87. The van der Waals surface area contributed by atoms with E-state index in [-0.39, 0.29) is 5.41 Å². The molecule has 2 heteroatoms. The van der Waals surface area contributed by atoms with E-state index in [4.69, 9.17) is 5.73 Å². The fourth-order valence-corrected chi connectivity index (χ4v) is 2.87. The van der Waals surface area contributed by atoms with Crippen LogP contribution in [0.25, 0.3) is 0 Å². The normalized spacial score (nSPS) is 23.8. The molecule has 1 atom stereocenters. The summed E-state index contributed by atoms with van der Waals surface area (Å²) in [7, 11) is 0. The van der Waals surface area contributed by atoms with Crippen molar-refractivity contribution in [2.45, 2.75) is 40.2 Å². The van der Waals surface area contributed by atoms with Crippen molar-refractivity contribution in [3.63, 3.8) is 0 Å². The van der Waals surface area contributed by atoms with Crippen LogP contribution in [0.3, 0.4) is 0 Å². The molecule has 94 valence electrons. The summed E-state index contributed by atoms with van der Waals surface area (Å²) in [6, 6.07) is 6.85. The Hall–Kier alpha value is -1.02. The number of anilines is 1. The highest BCUT2D eigenvalue weighted by atomic mass is 15.2. The van der Waals surface area contributed by atoms with Crippen LogP contribution in [0.5, 0.6) is 0 Å². The number of nitrogens with two attached hydrogens (primary N) is 1. The van der Waals surface area contributed by atoms with Gasteiger partial charge in [-0.3, -0.25) is 0 Å². The predicted molar refractivity (Wildman–Crippen MR) is 74.5 cm³/mol. The summed E-state index contributed by atoms with van der Waals surface area (Å²) in [4.78, 5) is 2.51. The second kappa shape index (κ2) is 4.34. The van der Waals surface area contributed by atoms with E-state index in [9.17, 15) is 0 Å². The number of para-hydroxylation sites is 1. The Morgan fingerprint density at radius 2 is 1.82 bits per heavy atom. The van der Waals surface area contributed by atoms with E-state index in [2.05, 4.69) is 50.8 Å². The van der Waals surface area contributed by atoms with Crippen molar-refractivity contribution in [3.05, 3.63) is 29.3 Å². The minimum atomic E-state index is 0.201. The Morgan fingerprint density at radius 3 is 2.35 bits per heavy atom. The maximum atomic E-state index is 6.20. The molecular weight excluding hydrogens is 208 g/mol. The van der Waals surface area contributed by atoms with Gasteiger partial charge in [0, 0.05) is 24.8 Å². The van der Waals surface area contributed by atoms with Crippen LogP contribution >= 0.6 is 0 Å². The summed E-state index contributed by atoms with van der Waals surface area (Å²) in [6.07, 6.45) is 1.08. The molecule has 0 amide bonds. The van der Waals surface area contributed by atoms with Gasteiger partial charge in [-0.15, -0.1) is 0 Å². The molecule has 2 rings (SSSR count). The second-order valence-electron chi connectivity index (χ2n) is 6.05. The summed E-state index contributed by atoms with van der Waals surface area (Å²) in [5.41, 5.74) is 10.6. The third-order valence-corrected chi connectivity index (χ3v) is 4.07. The van der Waals surface area contributed by atoms with Gasteiger partial charge in [0.1, 0.15) is 0 Å². The smallest absolute Gasteiger partial charge is 0.0425 e. The van der Waals surface area contributed by atoms with E-state index in [1.165, 1.54) is 16.8 Å². The van der Waals surface area contributed by atoms with Crippen LogP contribution in [0.4, 0.5) is 5.69 Å². The van der Waals surface area contributed by atoms with E-state index < -0.39 is 0 Å². The van der Waals surface area contributed by atoms with Gasteiger partial charge in [-0.1, -0.05) is 32.0 Å². The first kappa shape index (κ1) is 12.4. The second-order valence-corrected chi connectivity index (χ2v) is 6.05. The summed E-state index contributed by atoms with van der Waals surface area (Å²) >= 11 is 0. The molecule has 0 aromatic heterocycles. The Labute approximate surface area is 105 Å². The lowest BCUT2D eigenvalue weighted by Crippen LogP contribution is -2.52. The molecule has 0 spiro atoms. The van der Waals surface area contributed by atoms with Gasteiger partial charge >= 0.3 is 0 Å². The summed E-state index contributed by atoms with van der Waals surface area (Å²) in [5.74, 6) is 0. The van der Waals surface area contributed by atoms with E-state index >= 15 is 0 Å². The maximum Gasteiger partial charge on any atom is 0.0425 e. The van der Waals surface area contributed by atoms with Crippen LogP contribution in [-0.2, 0) is 0 Å². The molecule has 1 aromatic rings. The molecule has 1 aromatic carbocycles. The van der Waals surface area contributed by atoms with Gasteiger partial charge in [-0.2, -0.15) is 0 Å². The molecular formula is C15H24N2. The zero-order valence-electron chi connectivity index (χ0n) is 11.5. The van der Waals surface area contributed by atoms with Gasteiger partial charge in [-0.05, 0) is 36.8 Å². The van der Waals surface area contributed by atoms with E-state index in [0.717, 1.165) is 19.5 Å². The summed E-state index contributed by atoms with van der Waals surface area (Å²) in [6.45, 7) is 11.1. The number of nitrogens with zero attached hydrogens (tertiary/aromatic N) is 1. The SMILES string of the molecule is Cc1cccc(C)c1N1CCC(N)C(C)(C)C1. The molecule has 0 bridgehead atoms. The first-order valence-corrected chi connectivity index (χ1v) is 6.48. The number of aryl methyl sites for hydroxylation is 2. The highest BCUT2D eigenvalue weighted by Crippen LogP contribution is 2.33. The van der Waals surface area contributed by atoms with Crippen molar-refractivity contribution in [2.75, 3.05) is 18.0 Å². The number of piperidine rings is 1. The van der Waals surface area contributed by atoms with Gasteiger partial charge in [0.25, 0.3) is 0 Å². The van der Waals surface area contributed by atoms with E-state index in [1.807, 2.05) is 0 Å². The van der Waals surface area contributed by atoms with Crippen LogP contribution in [0.1, 0.15) is 31.4 Å². The monoisotopic (exact) mass is 232 g/mol. The lowest BCUT2D eigenvalue weighted by Gasteiger charge is -2.44. The predicted octanol–water partition coefficient (Wildman–Crippen LogP) is 2.87. The lowest BCUT2D eigenvalue weighted by molar-refractivity contribution is 0.245. The third-order valence-electron chi connectivity index (χ3n) is 4.07. The number of benzene rings is 1. The zero-order chi connectivity index (χ0) is 12.6. The highest BCUT2D eigenvalue weighted by Gasteiger charge is 2.34. The van der Waals surface area contributed by atoms with E-state index in [1.54, 1.807) is 0 Å². The van der Waals surface area contributed by atoms with Gasteiger partial charge in [-0.25, -0.2) is 0 Å². The van der Waals surface area contributed by atoms with E-state index in [0.29, 0.717) is 6.04 Å². The molecule has 17 heavy (non-hydrogen) atoms. The van der Waals surface area contributed by atoms with Crippen molar-refractivity contribution < 1.29 is 0 Å². The van der Waals surface area contributed by atoms with Crippen molar-refractivity contribution in [3.8, 4) is 0 Å². The van der Waals surface area contributed by atoms with Crippen molar-refractivity contribution >= 4 is 5.69 Å². The third kappa shape index (κ3) is 2.32. The molecule has 1 unspecified atom stereocenters. The quantitative estimate of drug-likeness (QED) is 0.806. The largest absolute Gasteiger partial charge is 0.370 e. The van der Waals surface area contributed by atoms with Crippen molar-refractivity contribution in [2.24, 2.45) is 11.1 Å². The van der Waals surface area contributed by atoms with Crippen LogP contribution in [0, 0.1) is 19.3 Å². The molecule has 0 radical (unpaired) electrons. The Morgan fingerprint density at radius 1 is 1.24 bits per heavy atom. The van der Waals surface area contributed by atoms with Crippen LogP contribution in [0.2, 0.25) is 0 Å². The molecule has 0 saturated carbocycles. The average Bonchev–Trinajstić information content (AvgIpc) is 2.22. The van der Waals surface area contributed by atoms with Gasteiger partial charge < -0.3 is 10.6 Å². The fraction of sp³-hybridized carbons (Fsp3) is 0.600. The minimum absolute atomic E-state index is 0.201. The van der Waals surface area contributed by atoms with Gasteiger partial charge in [0.15, 0.2) is 0 Å². The number of hydrogen-bond donors (Lipinski definition) is 1. The van der Waals surface area contributed by atoms with Crippen LogP contribution in [-0.4, -0.2) is 19.1 Å². The molecule has 1 aliphatic rings. The zero-order valence-corrected chi connectivity index (χ0v) is 11.5. The number of rotatable bonds is 1. The van der Waals surface area contributed by atoms with Gasteiger partial charge in [0.2, 0.25) is 0 Å².